The molecule has 2 atom stereocenters. The van der Waals surface area contributed by atoms with Crippen LogP contribution in [0.2, 0.25) is 0 Å². The largest absolute Gasteiger partial charge is 0.493 e. The van der Waals surface area contributed by atoms with E-state index in [1.54, 1.807) is 21.1 Å². The average molecular weight is 459 g/mol. The van der Waals surface area contributed by atoms with Crippen LogP contribution in [0.3, 0.4) is 0 Å². The number of carbonyl (C=O) groups is 1. The summed E-state index contributed by atoms with van der Waals surface area (Å²) in [7, 11) is 4.78. The predicted octanol–water partition coefficient (Wildman–Crippen LogP) is 3.37. The molecule has 178 valence electrons. The minimum absolute atomic E-state index is 0.148. The Kier molecular flexibility index (Phi) is 6.80. The van der Waals surface area contributed by atoms with Crippen molar-refractivity contribution in [3.05, 3.63) is 46.5 Å². The number of carbonyl (C=O) groups excluding carboxylic acids is 1. The van der Waals surface area contributed by atoms with Crippen LogP contribution in [-0.4, -0.2) is 57.3 Å². The lowest BCUT2D eigenvalue weighted by Gasteiger charge is -2.32. The van der Waals surface area contributed by atoms with E-state index in [4.69, 9.17) is 28.4 Å². The van der Waals surface area contributed by atoms with Gasteiger partial charge in [-0.3, -0.25) is 0 Å². The van der Waals surface area contributed by atoms with Gasteiger partial charge in [-0.2, -0.15) is 0 Å². The second kappa shape index (κ2) is 9.76. The summed E-state index contributed by atoms with van der Waals surface area (Å²) in [6, 6.07) is 7.54. The molecule has 9 nitrogen and oxygen atoms in total. The van der Waals surface area contributed by atoms with E-state index in [2.05, 4.69) is 0 Å². The van der Waals surface area contributed by atoms with Gasteiger partial charge in [0, 0.05) is 20.0 Å². The van der Waals surface area contributed by atoms with Gasteiger partial charge in [-0.15, -0.1) is 0 Å². The normalized spacial score (nSPS) is 18.5. The highest BCUT2D eigenvalue weighted by atomic mass is 16.7. The summed E-state index contributed by atoms with van der Waals surface area (Å²) in [6.07, 6.45) is -0.922. The molecule has 0 aliphatic carbocycles. The zero-order chi connectivity index (χ0) is 23.5. The number of amides is 1. The molecule has 9 heteroatoms. The van der Waals surface area contributed by atoms with E-state index in [0.29, 0.717) is 54.6 Å². The molecule has 2 aromatic rings. The molecule has 1 amide bonds. The molecule has 0 aromatic heterocycles. The van der Waals surface area contributed by atoms with E-state index in [1.165, 1.54) is 12.0 Å². The van der Waals surface area contributed by atoms with Crippen LogP contribution in [0.1, 0.15) is 41.6 Å². The maximum atomic E-state index is 12.0. The molecule has 0 saturated carbocycles. The molecule has 33 heavy (non-hydrogen) atoms. The lowest BCUT2D eigenvalue weighted by Crippen LogP contribution is -2.30. The summed E-state index contributed by atoms with van der Waals surface area (Å²) in [5, 5.41) is 10.9. The lowest BCUT2D eigenvalue weighted by molar-refractivity contribution is -0.152. The zero-order valence-electron chi connectivity index (χ0n) is 19.3. The van der Waals surface area contributed by atoms with Crippen molar-refractivity contribution in [1.82, 2.24) is 4.90 Å². The van der Waals surface area contributed by atoms with Crippen molar-refractivity contribution in [2.45, 2.75) is 32.2 Å². The second-order valence-electron chi connectivity index (χ2n) is 7.83. The number of ether oxygens (including phenoxy) is 6. The molecule has 1 N–H and O–H groups in total. The van der Waals surface area contributed by atoms with E-state index in [0.717, 1.165) is 16.7 Å². The molecule has 2 aromatic carbocycles. The Labute approximate surface area is 192 Å². The van der Waals surface area contributed by atoms with Crippen molar-refractivity contribution in [2.75, 3.05) is 41.2 Å². The topological polar surface area (TPSA) is 95.9 Å². The first-order chi connectivity index (χ1) is 16.0. The Morgan fingerprint density at radius 1 is 1.18 bits per heavy atom. The summed E-state index contributed by atoms with van der Waals surface area (Å²) < 4.78 is 33.1. The van der Waals surface area contributed by atoms with Crippen LogP contribution >= 0.6 is 0 Å². The molecule has 0 saturated heterocycles. The maximum absolute atomic E-state index is 12.0. The van der Waals surface area contributed by atoms with Gasteiger partial charge in [0.1, 0.15) is 0 Å². The maximum Gasteiger partial charge on any atom is 0.409 e. The Balaban J connectivity index is 1.64. The molecule has 2 heterocycles. The van der Waals surface area contributed by atoms with E-state index < -0.39 is 12.4 Å². The Morgan fingerprint density at radius 3 is 2.64 bits per heavy atom. The van der Waals surface area contributed by atoms with Gasteiger partial charge < -0.3 is 38.4 Å². The summed E-state index contributed by atoms with van der Waals surface area (Å²) in [6.45, 7) is 2.69. The number of methoxy groups -OCH3 is 2. The summed E-state index contributed by atoms with van der Waals surface area (Å²) in [5.41, 5.74) is 3.29. The molecule has 2 aliphatic rings. The van der Waals surface area contributed by atoms with E-state index in [-0.39, 0.29) is 12.9 Å². The number of aliphatic hydroxyl groups excluding tert-OH is 1. The SMILES string of the molecule is CCOC(=O)N(C)CCc1cc2c(cc1C1Cc3ccc(OC)c(OC)c3C(O)O1)OCO2. The molecule has 0 fully saturated rings. The van der Waals surface area contributed by atoms with Crippen molar-refractivity contribution >= 4 is 6.09 Å². The molecule has 4 rings (SSSR count). The van der Waals surface area contributed by atoms with Crippen molar-refractivity contribution in [3.8, 4) is 23.0 Å². The molecule has 0 radical (unpaired) electrons. The minimum Gasteiger partial charge on any atom is -0.493 e. The standard InChI is InChI=1S/C24H29NO8/c1-5-30-24(27)25(2)9-8-14-10-19-20(32-13-31-19)12-16(14)18-11-15-6-7-17(28-3)22(29-4)21(15)23(26)33-18/h6-7,10,12,18,23,26H,5,8-9,11,13H2,1-4H3. The van der Waals surface area contributed by atoms with Crippen LogP contribution in [0, 0.1) is 0 Å². The third kappa shape index (κ3) is 4.51. The van der Waals surface area contributed by atoms with Gasteiger partial charge >= 0.3 is 6.09 Å². The van der Waals surface area contributed by atoms with Gasteiger partial charge in [-0.05, 0) is 48.2 Å². The van der Waals surface area contributed by atoms with Crippen LogP contribution < -0.4 is 18.9 Å². The van der Waals surface area contributed by atoms with Gasteiger partial charge in [0.25, 0.3) is 0 Å². The number of hydrogen-bond acceptors (Lipinski definition) is 8. The molecule has 2 unspecified atom stereocenters. The monoisotopic (exact) mass is 459 g/mol. The number of hydrogen-bond donors (Lipinski definition) is 1. The summed E-state index contributed by atoms with van der Waals surface area (Å²) in [4.78, 5) is 13.5. The number of fused-ring (bicyclic) bond motifs is 2. The van der Waals surface area contributed by atoms with Crippen molar-refractivity contribution in [1.29, 1.82) is 0 Å². The molecular weight excluding hydrogens is 430 g/mol. The highest BCUT2D eigenvalue weighted by Gasteiger charge is 2.33. The molecule has 2 aliphatic heterocycles. The lowest BCUT2D eigenvalue weighted by atomic mass is 9.90. The third-order valence-electron chi connectivity index (χ3n) is 5.90. The average Bonchev–Trinajstić information content (AvgIpc) is 3.28. The number of rotatable bonds is 7. The quantitative estimate of drug-likeness (QED) is 0.673. The summed E-state index contributed by atoms with van der Waals surface area (Å²) >= 11 is 0. The Hall–Kier alpha value is -3.17. The van der Waals surface area contributed by atoms with Crippen molar-refractivity contribution in [3.63, 3.8) is 0 Å². The van der Waals surface area contributed by atoms with Gasteiger partial charge in [-0.1, -0.05) is 6.07 Å². The predicted molar refractivity (Wildman–Crippen MR) is 118 cm³/mol. The smallest absolute Gasteiger partial charge is 0.409 e. The van der Waals surface area contributed by atoms with Gasteiger partial charge in [0.2, 0.25) is 6.79 Å². The fraction of sp³-hybridized carbons (Fsp3) is 0.458. The number of aliphatic hydroxyl groups is 1. The first kappa shape index (κ1) is 23.0. The van der Waals surface area contributed by atoms with Gasteiger partial charge in [0.15, 0.2) is 29.3 Å². The van der Waals surface area contributed by atoms with E-state index >= 15 is 0 Å². The van der Waals surface area contributed by atoms with Gasteiger partial charge in [-0.25, -0.2) is 4.79 Å². The molecule has 0 spiro atoms. The Morgan fingerprint density at radius 2 is 1.94 bits per heavy atom. The summed E-state index contributed by atoms with van der Waals surface area (Å²) in [5.74, 6) is 2.27. The molecular formula is C24H29NO8. The highest BCUT2D eigenvalue weighted by Crippen LogP contribution is 2.46. The van der Waals surface area contributed by atoms with Gasteiger partial charge in [0.05, 0.1) is 32.5 Å². The van der Waals surface area contributed by atoms with Crippen LogP contribution in [-0.2, 0) is 22.3 Å². The fourth-order valence-corrected chi connectivity index (χ4v) is 4.22. The van der Waals surface area contributed by atoms with E-state index in [9.17, 15) is 9.90 Å². The third-order valence-corrected chi connectivity index (χ3v) is 5.90. The second-order valence-corrected chi connectivity index (χ2v) is 7.83. The number of nitrogens with zero attached hydrogens (tertiary/aromatic N) is 1. The Bertz CT molecular complexity index is 1020. The van der Waals surface area contributed by atoms with Crippen molar-refractivity contribution < 1.29 is 38.3 Å². The highest BCUT2D eigenvalue weighted by molar-refractivity contribution is 5.67. The van der Waals surface area contributed by atoms with Crippen LogP contribution in [0.25, 0.3) is 0 Å². The van der Waals surface area contributed by atoms with E-state index in [1.807, 2.05) is 24.3 Å². The fourth-order valence-electron chi connectivity index (χ4n) is 4.22. The molecule has 0 bridgehead atoms. The van der Waals surface area contributed by atoms with Crippen LogP contribution in [0.5, 0.6) is 23.0 Å². The minimum atomic E-state index is -1.19. The first-order valence-corrected chi connectivity index (χ1v) is 10.8. The van der Waals surface area contributed by atoms with Crippen LogP contribution in [0.4, 0.5) is 4.79 Å². The zero-order valence-corrected chi connectivity index (χ0v) is 19.3. The number of likely N-dealkylation sites (N-methyl/N-ethyl adjacent to an activating group) is 1. The first-order valence-electron chi connectivity index (χ1n) is 10.8. The number of benzene rings is 2. The van der Waals surface area contributed by atoms with Crippen LogP contribution in [0.15, 0.2) is 24.3 Å². The van der Waals surface area contributed by atoms with Crippen molar-refractivity contribution in [2.24, 2.45) is 0 Å².